The Kier molecular flexibility index (Phi) is 6.30. The molecule has 0 radical (unpaired) electrons. The Morgan fingerprint density at radius 2 is 2.05 bits per heavy atom. The maximum atomic E-state index is 11.7. The summed E-state index contributed by atoms with van der Waals surface area (Å²) in [4.78, 5) is 14.2. The van der Waals surface area contributed by atoms with Crippen LogP contribution in [-0.4, -0.2) is 49.7 Å². The van der Waals surface area contributed by atoms with Crippen LogP contribution in [0.1, 0.15) is 46.0 Å². The smallest absolute Gasteiger partial charge is 0.306 e. The molecule has 1 saturated carbocycles. The maximum absolute atomic E-state index is 11.7. The third-order valence-corrected chi connectivity index (χ3v) is 4.31. The monoisotopic (exact) mass is 282 g/mol. The fourth-order valence-corrected chi connectivity index (χ4v) is 3.21. The van der Waals surface area contributed by atoms with Crippen molar-refractivity contribution in [3.05, 3.63) is 0 Å². The van der Waals surface area contributed by atoms with E-state index in [2.05, 4.69) is 17.1 Å². The molecule has 0 amide bonds. The highest BCUT2D eigenvalue weighted by atomic mass is 16.5. The molecular weight excluding hydrogens is 252 g/mol. The van der Waals surface area contributed by atoms with Crippen LogP contribution in [0.25, 0.3) is 0 Å². The molecule has 0 aromatic heterocycles. The van der Waals surface area contributed by atoms with Gasteiger partial charge in [0, 0.05) is 25.6 Å². The molecule has 2 aliphatic rings. The van der Waals surface area contributed by atoms with Gasteiger partial charge in [-0.25, -0.2) is 0 Å². The van der Waals surface area contributed by atoms with Crippen molar-refractivity contribution in [2.24, 2.45) is 11.8 Å². The average Bonchev–Trinajstić information content (AvgIpc) is 3.21. The predicted octanol–water partition coefficient (Wildman–Crippen LogP) is 2.04. The topological polar surface area (TPSA) is 41.6 Å². The van der Waals surface area contributed by atoms with E-state index in [9.17, 15) is 4.79 Å². The van der Waals surface area contributed by atoms with E-state index in [0.717, 1.165) is 38.5 Å². The summed E-state index contributed by atoms with van der Waals surface area (Å²) in [6, 6.07) is 0.551. The lowest BCUT2D eigenvalue weighted by molar-refractivity contribution is -0.144. The van der Waals surface area contributed by atoms with Gasteiger partial charge >= 0.3 is 5.97 Å². The van der Waals surface area contributed by atoms with Crippen molar-refractivity contribution in [1.29, 1.82) is 0 Å². The van der Waals surface area contributed by atoms with Gasteiger partial charge in [-0.05, 0) is 57.5 Å². The first-order valence-corrected chi connectivity index (χ1v) is 8.32. The highest BCUT2D eigenvalue weighted by Crippen LogP contribution is 2.28. The molecule has 0 bridgehead atoms. The molecule has 1 N–H and O–H groups in total. The average molecular weight is 282 g/mol. The summed E-state index contributed by atoms with van der Waals surface area (Å²) in [5.74, 6) is 1.34. The van der Waals surface area contributed by atoms with Gasteiger partial charge < -0.3 is 15.0 Å². The highest BCUT2D eigenvalue weighted by molar-refractivity contribution is 5.69. The molecule has 20 heavy (non-hydrogen) atoms. The van der Waals surface area contributed by atoms with Crippen molar-refractivity contribution in [2.75, 3.05) is 32.8 Å². The van der Waals surface area contributed by atoms with Crippen LogP contribution in [0, 0.1) is 11.8 Å². The van der Waals surface area contributed by atoms with Gasteiger partial charge in [0.2, 0.25) is 0 Å². The lowest BCUT2D eigenvalue weighted by Crippen LogP contribution is -2.50. The van der Waals surface area contributed by atoms with Crippen LogP contribution in [0.4, 0.5) is 0 Å². The molecule has 2 atom stereocenters. The predicted molar refractivity (Wildman–Crippen MR) is 80.6 cm³/mol. The molecule has 1 aliphatic heterocycles. The second kappa shape index (κ2) is 7.99. The lowest BCUT2D eigenvalue weighted by atomic mass is 9.91. The summed E-state index contributed by atoms with van der Waals surface area (Å²) < 4.78 is 5.11. The third-order valence-electron chi connectivity index (χ3n) is 4.31. The summed E-state index contributed by atoms with van der Waals surface area (Å²) in [5, 5.41) is 3.71. The zero-order valence-electron chi connectivity index (χ0n) is 13.1. The first-order chi connectivity index (χ1) is 9.71. The van der Waals surface area contributed by atoms with Crippen LogP contribution >= 0.6 is 0 Å². The molecule has 1 saturated heterocycles. The Labute approximate surface area is 123 Å². The van der Waals surface area contributed by atoms with Crippen LogP contribution in [-0.2, 0) is 9.53 Å². The minimum absolute atomic E-state index is 0.0307. The van der Waals surface area contributed by atoms with Crippen LogP contribution in [0.15, 0.2) is 0 Å². The van der Waals surface area contributed by atoms with Gasteiger partial charge in [0.25, 0.3) is 0 Å². The van der Waals surface area contributed by atoms with E-state index in [0.29, 0.717) is 25.0 Å². The molecule has 4 heteroatoms. The van der Waals surface area contributed by atoms with Gasteiger partial charge in [-0.2, -0.15) is 0 Å². The summed E-state index contributed by atoms with van der Waals surface area (Å²) in [7, 11) is 0. The van der Waals surface area contributed by atoms with E-state index < -0.39 is 0 Å². The molecule has 2 rings (SSSR count). The fourth-order valence-electron chi connectivity index (χ4n) is 3.21. The normalized spacial score (nSPS) is 27.5. The van der Waals surface area contributed by atoms with Crippen molar-refractivity contribution in [3.63, 3.8) is 0 Å². The number of nitrogens with one attached hydrogen (secondary N) is 1. The quantitative estimate of drug-likeness (QED) is 0.692. The van der Waals surface area contributed by atoms with Crippen LogP contribution in [0.2, 0.25) is 0 Å². The standard InChI is InChI=1S/C16H30N2O2/c1-3-7-18-11-14(9-16(19)20-4-2)8-15(12-18)17-10-13-5-6-13/h13-15,17H,3-12H2,1-2H3. The van der Waals surface area contributed by atoms with Gasteiger partial charge in [-0.15, -0.1) is 0 Å². The van der Waals surface area contributed by atoms with Crippen molar-refractivity contribution in [3.8, 4) is 0 Å². The second-order valence-electron chi connectivity index (χ2n) is 6.42. The van der Waals surface area contributed by atoms with E-state index in [1.54, 1.807) is 0 Å². The number of carbonyl (C=O) groups excluding carboxylic acids is 1. The second-order valence-corrected chi connectivity index (χ2v) is 6.42. The molecule has 0 aromatic carbocycles. The number of esters is 1. The van der Waals surface area contributed by atoms with Gasteiger partial charge in [-0.1, -0.05) is 6.92 Å². The van der Waals surface area contributed by atoms with Gasteiger partial charge in [0.15, 0.2) is 0 Å². The van der Waals surface area contributed by atoms with E-state index in [4.69, 9.17) is 4.74 Å². The molecule has 0 aromatic rings. The van der Waals surface area contributed by atoms with Crippen LogP contribution < -0.4 is 5.32 Å². The van der Waals surface area contributed by atoms with E-state index in [1.807, 2.05) is 6.92 Å². The Morgan fingerprint density at radius 3 is 2.70 bits per heavy atom. The number of nitrogens with zero attached hydrogens (tertiary/aromatic N) is 1. The van der Waals surface area contributed by atoms with Gasteiger partial charge in [0.05, 0.1) is 6.61 Å². The third kappa shape index (κ3) is 5.41. The molecule has 2 fully saturated rings. The van der Waals surface area contributed by atoms with Crippen LogP contribution in [0.3, 0.4) is 0 Å². The fraction of sp³-hybridized carbons (Fsp3) is 0.938. The van der Waals surface area contributed by atoms with Crippen molar-refractivity contribution in [2.45, 2.75) is 52.0 Å². The molecule has 4 nitrogen and oxygen atoms in total. The number of ether oxygens (including phenoxy) is 1. The number of hydrogen-bond acceptors (Lipinski definition) is 4. The molecule has 116 valence electrons. The number of carbonyl (C=O) groups is 1. The summed E-state index contributed by atoms with van der Waals surface area (Å²) in [6.45, 7) is 9.09. The number of likely N-dealkylation sites (tertiary alicyclic amines) is 1. The SMILES string of the molecule is CCCN1CC(CC(=O)OCC)CC(NCC2CC2)C1. The first-order valence-electron chi connectivity index (χ1n) is 8.32. The zero-order valence-corrected chi connectivity index (χ0v) is 13.1. The Balaban J connectivity index is 1.80. The van der Waals surface area contributed by atoms with Gasteiger partial charge in [0.1, 0.15) is 0 Å². The lowest BCUT2D eigenvalue weighted by Gasteiger charge is -2.38. The van der Waals surface area contributed by atoms with Gasteiger partial charge in [-0.3, -0.25) is 4.79 Å². The largest absolute Gasteiger partial charge is 0.466 e. The summed E-state index contributed by atoms with van der Waals surface area (Å²) >= 11 is 0. The van der Waals surface area contributed by atoms with E-state index in [-0.39, 0.29) is 5.97 Å². The zero-order chi connectivity index (χ0) is 14.4. The van der Waals surface area contributed by atoms with Crippen molar-refractivity contribution < 1.29 is 9.53 Å². The first kappa shape index (κ1) is 15.8. The molecule has 0 spiro atoms. The minimum atomic E-state index is -0.0307. The highest BCUT2D eigenvalue weighted by Gasteiger charge is 2.30. The number of hydrogen-bond donors (Lipinski definition) is 1. The summed E-state index contributed by atoms with van der Waals surface area (Å²) in [5.41, 5.74) is 0. The molecule has 1 heterocycles. The Hall–Kier alpha value is -0.610. The minimum Gasteiger partial charge on any atom is -0.466 e. The molecule has 1 aliphatic carbocycles. The molecular formula is C16H30N2O2. The summed E-state index contributed by atoms with van der Waals surface area (Å²) in [6.07, 6.45) is 5.66. The van der Waals surface area contributed by atoms with E-state index >= 15 is 0 Å². The van der Waals surface area contributed by atoms with Crippen molar-refractivity contribution in [1.82, 2.24) is 10.2 Å². The number of rotatable bonds is 8. The Morgan fingerprint density at radius 1 is 1.25 bits per heavy atom. The van der Waals surface area contributed by atoms with Crippen LogP contribution in [0.5, 0.6) is 0 Å². The van der Waals surface area contributed by atoms with Crippen molar-refractivity contribution >= 4 is 5.97 Å². The number of piperidine rings is 1. The van der Waals surface area contributed by atoms with E-state index in [1.165, 1.54) is 19.3 Å². The molecule has 2 unspecified atom stereocenters. The Bertz CT molecular complexity index is 305. The maximum Gasteiger partial charge on any atom is 0.306 e.